The third-order valence-electron chi connectivity index (χ3n) is 3.71. The molecule has 3 nitrogen and oxygen atoms in total. The highest BCUT2D eigenvalue weighted by molar-refractivity contribution is 7.10. The van der Waals surface area contributed by atoms with E-state index in [0.29, 0.717) is 0 Å². The Bertz CT molecular complexity index is 673. The molecule has 0 spiro atoms. The minimum Gasteiger partial charge on any atom is -0.326 e. The molecule has 4 heteroatoms. The van der Waals surface area contributed by atoms with Crippen molar-refractivity contribution in [2.24, 2.45) is 5.73 Å². The van der Waals surface area contributed by atoms with E-state index >= 15 is 0 Å². The molecule has 0 aliphatic carbocycles. The molecule has 0 saturated carbocycles. The lowest BCUT2D eigenvalue weighted by Crippen LogP contribution is -2.32. The van der Waals surface area contributed by atoms with Crippen LogP contribution in [0.3, 0.4) is 0 Å². The van der Waals surface area contributed by atoms with Crippen molar-refractivity contribution < 1.29 is 0 Å². The molecule has 0 aliphatic rings. The average molecular weight is 297 g/mol. The van der Waals surface area contributed by atoms with Gasteiger partial charge in [-0.15, -0.1) is 11.3 Å². The van der Waals surface area contributed by atoms with Crippen molar-refractivity contribution in [3.63, 3.8) is 0 Å². The SMILES string of the molecule is CCC(N)C(c1cccs1)n1ccnc1-c1ccccc1. The van der Waals surface area contributed by atoms with Gasteiger partial charge in [-0.2, -0.15) is 0 Å². The van der Waals surface area contributed by atoms with Crippen LogP contribution in [0.2, 0.25) is 0 Å². The molecule has 0 bridgehead atoms. The van der Waals surface area contributed by atoms with Crippen molar-refractivity contribution in [2.45, 2.75) is 25.4 Å². The van der Waals surface area contributed by atoms with Crippen LogP contribution in [-0.2, 0) is 0 Å². The van der Waals surface area contributed by atoms with Gasteiger partial charge >= 0.3 is 0 Å². The van der Waals surface area contributed by atoms with E-state index in [-0.39, 0.29) is 12.1 Å². The minimum atomic E-state index is 0.0697. The summed E-state index contributed by atoms with van der Waals surface area (Å²) in [5.74, 6) is 0.970. The Kier molecular flexibility index (Phi) is 4.18. The molecule has 2 N–H and O–H groups in total. The maximum atomic E-state index is 6.40. The molecule has 0 aliphatic heterocycles. The highest BCUT2D eigenvalue weighted by Crippen LogP contribution is 2.31. The van der Waals surface area contributed by atoms with Crippen molar-refractivity contribution >= 4 is 11.3 Å². The molecular weight excluding hydrogens is 278 g/mol. The summed E-state index contributed by atoms with van der Waals surface area (Å²) in [7, 11) is 0. The first-order chi connectivity index (χ1) is 10.3. The zero-order chi connectivity index (χ0) is 14.7. The third-order valence-corrected chi connectivity index (χ3v) is 4.65. The number of rotatable bonds is 5. The monoisotopic (exact) mass is 297 g/mol. The van der Waals surface area contributed by atoms with Crippen molar-refractivity contribution in [1.29, 1.82) is 0 Å². The molecule has 0 fully saturated rings. The third kappa shape index (κ3) is 2.77. The molecule has 2 atom stereocenters. The molecular formula is C17H19N3S. The Hall–Kier alpha value is -1.91. The van der Waals surface area contributed by atoms with Gasteiger partial charge in [0, 0.05) is 28.9 Å². The molecule has 0 amide bonds. The summed E-state index contributed by atoms with van der Waals surface area (Å²) in [6.07, 6.45) is 4.81. The largest absolute Gasteiger partial charge is 0.326 e. The van der Waals surface area contributed by atoms with Gasteiger partial charge in [0.15, 0.2) is 0 Å². The lowest BCUT2D eigenvalue weighted by atomic mass is 10.0. The van der Waals surface area contributed by atoms with Crippen molar-refractivity contribution in [2.75, 3.05) is 0 Å². The van der Waals surface area contributed by atoms with E-state index in [1.165, 1.54) is 4.88 Å². The minimum absolute atomic E-state index is 0.0697. The van der Waals surface area contributed by atoms with E-state index < -0.39 is 0 Å². The fourth-order valence-corrected chi connectivity index (χ4v) is 3.48. The fraction of sp³-hybridized carbons (Fsp3) is 0.235. The highest BCUT2D eigenvalue weighted by atomic mass is 32.1. The Labute approximate surface area is 129 Å². The van der Waals surface area contributed by atoms with Crippen LogP contribution in [0.25, 0.3) is 11.4 Å². The number of nitrogens with zero attached hydrogens (tertiary/aromatic N) is 2. The molecule has 0 saturated heterocycles. The zero-order valence-corrected chi connectivity index (χ0v) is 12.8. The van der Waals surface area contributed by atoms with Gasteiger partial charge in [-0.3, -0.25) is 0 Å². The fourth-order valence-electron chi connectivity index (χ4n) is 2.59. The summed E-state index contributed by atoms with van der Waals surface area (Å²) >= 11 is 1.75. The smallest absolute Gasteiger partial charge is 0.140 e. The lowest BCUT2D eigenvalue weighted by Gasteiger charge is -2.25. The van der Waals surface area contributed by atoms with Crippen LogP contribution >= 0.6 is 11.3 Å². The number of hydrogen-bond acceptors (Lipinski definition) is 3. The molecule has 2 heterocycles. The number of imidazole rings is 1. The quantitative estimate of drug-likeness (QED) is 0.775. The van der Waals surface area contributed by atoms with Gasteiger partial charge < -0.3 is 10.3 Å². The predicted octanol–water partition coefficient (Wildman–Crippen LogP) is 3.94. The molecule has 21 heavy (non-hydrogen) atoms. The van der Waals surface area contributed by atoms with Gasteiger partial charge in [0.1, 0.15) is 5.82 Å². The van der Waals surface area contributed by atoms with Crippen LogP contribution < -0.4 is 5.73 Å². The summed E-state index contributed by atoms with van der Waals surface area (Å²) in [5.41, 5.74) is 7.52. The number of benzene rings is 1. The van der Waals surface area contributed by atoms with E-state index in [2.05, 4.69) is 46.1 Å². The van der Waals surface area contributed by atoms with Crippen LogP contribution in [0.4, 0.5) is 0 Å². The number of hydrogen-bond donors (Lipinski definition) is 1. The number of aromatic nitrogens is 2. The highest BCUT2D eigenvalue weighted by Gasteiger charge is 2.23. The van der Waals surface area contributed by atoms with E-state index in [9.17, 15) is 0 Å². The van der Waals surface area contributed by atoms with Gasteiger partial charge in [-0.25, -0.2) is 4.98 Å². The second-order valence-corrected chi connectivity index (χ2v) is 6.04. The Morgan fingerprint density at radius 1 is 1.19 bits per heavy atom. The predicted molar refractivity (Wildman–Crippen MR) is 88.4 cm³/mol. The Morgan fingerprint density at radius 2 is 2.00 bits per heavy atom. The second kappa shape index (κ2) is 6.24. The summed E-state index contributed by atoms with van der Waals surface area (Å²) in [5, 5.41) is 2.10. The number of thiophene rings is 1. The van der Waals surface area contributed by atoms with Crippen LogP contribution in [0.1, 0.15) is 24.3 Å². The van der Waals surface area contributed by atoms with Gasteiger partial charge in [-0.1, -0.05) is 43.3 Å². The summed E-state index contributed by atoms with van der Waals surface area (Å²) < 4.78 is 2.20. The van der Waals surface area contributed by atoms with Gasteiger partial charge in [0.25, 0.3) is 0 Å². The first-order valence-electron chi connectivity index (χ1n) is 7.18. The van der Waals surface area contributed by atoms with Gasteiger partial charge in [0.2, 0.25) is 0 Å². The van der Waals surface area contributed by atoms with Crippen LogP contribution in [0.5, 0.6) is 0 Å². The summed E-state index contributed by atoms with van der Waals surface area (Å²) in [6, 6.07) is 14.7. The summed E-state index contributed by atoms with van der Waals surface area (Å²) in [4.78, 5) is 5.82. The molecule has 2 aromatic heterocycles. The van der Waals surface area contributed by atoms with Crippen LogP contribution in [0, 0.1) is 0 Å². The normalized spacial score (nSPS) is 14.0. The van der Waals surface area contributed by atoms with E-state index in [1.54, 1.807) is 11.3 Å². The topological polar surface area (TPSA) is 43.8 Å². The molecule has 1 aromatic carbocycles. The van der Waals surface area contributed by atoms with Gasteiger partial charge in [0.05, 0.1) is 6.04 Å². The molecule has 108 valence electrons. The lowest BCUT2D eigenvalue weighted by molar-refractivity contribution is 0.468. The molecule has 0 radical (unpaired) electrons. The molecule has 3 rings (SSSR count). The average Bonchev–Trinajstić information content (AvgIpc) is 3.20. The maximum absolute atomic E-state index is 6.40. The van der Waals surface area contributed by atoms with Gasteiger partial charge in [-0.05, 0) is 17.9 Å². The van der Waals surface area contributed by atoms with Crippen molar-refractivity contribution in [1.82, 2.24) is 9.55 Å². The second-order valence-electron chi connectivity index (χ2n) is 5.06. The van der Waals surface area contributed by atoms with Crippen LogP contribution in [-0.4, -0.2) is 15.6 Å². The van der Waals surface area contributed by atoms with E-state index in [0.717, 1.165) is 17.8 Å². The van der Waals surface area contributed by atoms with Crippen LogP contribution in [0.15, 0.2) is 60.2 Å². The Balaban J connectivity index is 2.07. The maximum Gasteiger partial charge on any atom is 0.140 e. The number of nitrogens with two attached hydrogens (primary N) is 1. The summed E-state index contributed by atoms with van der Waals surface area (Å²) in [6.45, 7) is 2.13. The molecule has 3 aromatic rings. The molecule has 2 unspecified atom stereocenters. The standard InChI is InChI=1S/C17H19N3S/c1-2-14(18)16(15-9-6-12-21-15)20-11-10-19-17(20)13-7-4-3-5-8-13/h3-12,14,16H,2,18H2,1H3. The zero-order valence-electron chi connectivity index (χ0n) is 12.0. The van der Waals surface area contributed by atoms with E-state index in [1.807, 2.05) is 30.6 Å². The van der Waals surface area contributed by atoms with E-state index in [4.69, 9.17) is 5.73 Å². The first kappa shape index (κ1) is 14.0. The van der Waals surface area contributed by atoms with Crippen molar-refractivity contribution in [3.05, 3.63) is 65.1 Å². The first-order valence-corrected chi connectivity index (χ1v) is 8.06. The Morgan fingerprint density at radius 3 is 2.67 bits per heavy atom. The van der Waals surface area contributed by atoms with Crippen molar-refractivity contribution in [3.8, 4) is 11.4 Å².